The molecule has 0 atom stereocenters. The van der Waals surface area contributed by atoms with Gasteiger partial charge in [0.2, 0.25) is 0 Å². The molecule has 0 saturated carbocycles. The molecule has 0 aliphatic rings. The molecule has 0 saturated heterocycles. The second kappa shape index (κ2) is 6.76. The fraction of sp³-hybridized carbons (Fsp3) is 0.800. The number of thiocarbonyl (C=S) groups is 1. The molecule has 0 fully saturated rings. The van der Waals surface area contributed by atoms with Gasteiger partial charge in [-0.15, -0.1) is 0 Å². The van der Waals surface area contributed by atoms with E-state index in [1.807, 2.05) is 13.8 Å². The molecule has 2 N–H and O–H groups in total. The predicted octanol–water partition coefficient (Wildman–Crippen LogP) is 1.33. The van der Waals surface area contributed by atoms with Crippen molar-refractivity contribution in [1.82, 2.24) is 10.6 Å². The van der Waals surface area contributed by atoms with Crippen LogP contribution in [0.3, 0.4) is 0 Å². The van der Waals surface area contributed by atoms with Crippen molar-refractivity contribution in [3.63, 3.8) is 0 Å². The Kier molecular flexibility index (Phi) is 6.45. The van der Waals surface area contributed by atoms with Gasteiger partial charge in [-0.3, -0.25) is 4.79 Å². The smallest absolute Gasteiger partial charge is 0.278 e. The third kappa shape index (κ3) is 6.83. The van der Waals surface area contributed by atoms with Gasteiger partial charge in [0.15, 0.2) is 4.99 Å². The van der Waals surface area contributed by atoms with E-state index in [1.165, 1.54) is 0 Å². The lowest BCUT2D eigenvalue weighted by molar-refractivity contribution is -0.114. The van der Waals surface area contributed by atoms with Gasteiger partial charge >= 0.3 is 0 Å². The quantitative estimate of drug-likeness (QED) is 0.697. The summed E-state index contributed by atoms with van der Waals surface area (Å²) in [7, 11) is 0. The highest BCUT2D eigenvalue weighted by Crippen LogP contribution is 1.89. The molecule has 0 aliphatic carbocycles. The molecule has 4 heteroatoms. The highest BCUT2D eigenvalue weighted by molar-refractivity contribution is 7.82. The number of hydrogen-bond acceptors (Lipinski definition) is 2. The molecule has 0 heterocycles. The fourth-order valence-electron chi connectivity index (χ4n) is 0.754. The van der Waals surface area contributed by atoms with Crippen molar-refractivity contribution in [3.8, 4) is 0 Å². The van der Waals surface area contributed by atoms with Gasteiger partial charge in [-0.1, -0.05) is 39.9 Å². The van der Waals surface area contributed by atoms with Gasteiger partial charge in [-0.2, -0.15) is 0 Å². The summed E-state index contributed by atoms with van der Waals surface area (Å²) < 4.78 is 0. The maximum Gasteiger partial charge on any atom is 0.278 e. The molecule has 0 aromatic heterocycles. The minimum Gasteiger partial charge on any atom is -0.372 e. The monoisotopic (exact) mass is 216 g/mol. The van der Waals surface area contributed by atoms with Crippen LogP contribution in [0.25, 0.3) is 0 Å². The van der Waals surface area contributed by atoms with Crippen molar-refractivity contribution in [2.45, 2.75) is 27.7 Å². The molecule has 0 rings (SSSR count). The zero-order valence-corrected chi connectivity index (χ0v) is 10.2. The zero-order valence-electron chi connectivity index (χ0n) is 9.39. The maximum absolute atomic E-state index is 11.3. The van der Waals surface area contributed by atoms with Crippen molar-refractivity contribution in [3.05, 3.63) is 0 Å². The summed E-state index contributed by atoms with van der Waals surface area (Å²) >= 11 is 4.92. The Morgan fingerprint density at radius 3 is 1.93 bits per heavy atom. The van der Waals surface area contributed by atoms with Crippen molar-refractivity contribution in [1.29, 1.82) is 0 Å². The van der Waals surface area contributed by atoms with E-state index in [9.17, 15) is 4.79 Å². The highest BCUT2D eigenvalue weighted by atomic mass is 32.1. The number of nitrogens with one attached hydrogen (secondary N) is 2. The molecule has 82 valence electrons. The Balaban J connectivity index is 3.71. The average Bonchev–Trinajstić information content (AvgIpc) is 2.09. The lowest BCUT2D eigenvalue weighted by Crippen LogP contribution is -2.41. The molecule has 0 radical (unpaired) electrons. The van der Waals surface area contributed by atoms with Crippen LogP contribution in [-0.2, 0) is 4.79 Å². The Morgan fingerprint density at radius 2 is 1.50 bits per heavy atom. The first-order chi connectivity index (χ1) is 6.43. The third-order valence-electron chi connectivity index (χ3n) is 1.55. The van der Waals surface area contributed by atoms with Gasteiger partial charge < -0.3 is 10.6 Å². The van der Waals surface area contributed by atoms with Gasteiger partial charge in [-0.25, -0.2) is 0 Å². The summed E-state index contributed by atoms with van der Waals surface area (Å²) in [4.78, 5) is 11.6. The Hall–Kier alpha value is -0.640. The summed E-state index contributed by atoms with van der Waals surface area (Å²) in [5.41, 5.74) is 0. The molecule has 0 spiro atoms. The SMILES string of the molecule is CC(C)CNC(=O)C(=S)NCC(C)C. The van der Waals surface area contributed by atoms with Crippen LogP contribution in [0.2, 0.25) is 0 Å². The van der Waals surface area contributed by atoms with Crippen molar-refractivity contribution in [2.24, 2.45) is 11.8 Å². The summed E-state index contributed by atoms with van der Waals surface area (Å²) in [6.45, 7) is 9.65. The summed E-state index contributed by atoms with van der Waals surface area (Å²) in [5.74, 6) is 0.770. The van der Waals surface area contributed by atoms with E-state index in [2.05, 4.69) is 24.5 Å². The first kappa shape index (κ1) is 13.4. The van der Waals surface area contributed by atoms with Crippen LogP contribution < -0.4 is 10.6 Å². The van der Waals surface area contributed by atoms with Crippen LogP contribution >= 0.6 is 12.2 Å². The molecule has 0 aromatic carbocycles. The fourth-order valence-corrected chi connectivity index (χ4v) is 0.910. The predicted molar refractivity (Wildman–Crippen MR) is 63.3 cm³/mol. The second-order valence-corrected chi connectivity index (χ2v) is 4.62. The van der Waals surface area contributed by atoms with Crippen molar-refractivity contribution in [2.75, 3.05) is 13.1 Å². The topological polar surface area (TPSA) is 41.1 Å². The number of carbonyl (C=O) groups excluding carboxylic acids is 1. The molecular weight excluding hydrogens is 196 g/mol. The van der Waals surface area contributed by atoms with Crippen LogP contribution in [0.1, 0.15) is 27.7 Å². The van der Waals surface area contributed by atoms with Gasteiger partial charge in [0.05, 0.1) is 0 Å². The molecule has 0 bridgehead atoms. The standard InChI is InChI=1S/C10H20N2OS/c1-7(2)5-11-9(13)10(14)12-6-8(3)4/h7-8H,5-6H2,1-4H3,(H,11,13)(H,12,14). The first-order valence-electron chi connectivity index (χ1n) is 4.99. The lowest BCUT2D eigenvalue weighted by atomic mass is 10.2. The highest BCUT2D eigenvalue weighted by Gasteiger charge is 2.08. The minimum absolute atomic E-state index is 0.172. The normalized spacial score (nSPS) is 10.4. The van der Waals surface area contributed by atoms with Crippen molar-refractivity contribution < 1.29 is 4.79 Å². The molecule has 0 aliphatic heterocycles. The van der Waals surface area contributed by atoms with Gasteiger partial charge in [0.25, 0.3) is 5.91 Å². The number of rotatable bonds is 4. The van der Waals surface area contributed by atoms with Crippen LogP contribution in [0.15, 0.2) is 0 Å². The summed E-state index contributed by atoms with van der Waals surface area (Å²) in [5, 5.41) is 5.69. The summed E-state index contributed by atoms with van der Waals surface area (Å²) in [6.07, 6.45) is 0. The molecule has 0 unspecified atom stereocenters. The van der Waals surface area contributed by atoms with Gasteiger partial charge in [0.1, 0.15) is 0 Å². The van der Waals surface area contributed by atoms with Gasteiger partial charge in [-0.05, 0) is 11.8 Å². The third-order valence-corrected chi connectivity index (χ3v) is 1.88. The second-order valence-electron chi connectivity index (χ2n) is 4.21. The van der Waals surface area contributed by atoms with E-state index in [1.54, 1.807) is 0 Å². The van der Waals surface area contributed by atoms with E-state index in [-0.39, 0.29) is 5.91 Å². The van der Waals surface area contributed by atoms with E-state index in [4.69, 9.17) is 12.2 Å². The molecule has 3 nitrogen and oxygen atoms in total. The number of carbonyl (C=O) groups is 1. The first-order valence-corrected chi connectivity index (χ1v) is 5.40. The Bertz CT molecular complexity index is 180. The maximum atomic E-state index is 11.3. The number of amides is 1. The molecule has 0 aromatic rings. The van der Waals surface area contributed by atoms with Crippen LogP contribution in [-0.4, -0.2) is 24.0 Å². The van der Waals surface area contributed by atoms with Crippen molar-refractivity contribution >= 4 is 23.1 Å². The molecular formula is C10H20N2OS. The van der Waals surface area contributed by atoms with E-state index < -0.39 is 0 Å². The van der Waals surface area contributed by atoms with Crippen LogP contribution in [0.4, 0.5) is 0 Å². The minimum atomic E-state index is -0.172. The largest absolute Gasteiger partial charge is 0.372 e. The van der Waals surface area contributed by atoms with E-state index in [0.29, 0.717) is 23.4 Å². The average molecular weight is 216 g/mol. The van der Waals surface area contributed by atoms with Gasteiger partial charge in [0, 0.05) is 13.1 Å². The van der Waals surface area contributed by atoms with E-state index >= 15 is 0 Å². The summed E-state index contributed by atoms with van der Waals surface area (Å²) in [6, 6.07) is 0. The zero-order chi connectivity index (χ0) is 11.1. The molecule has 1 amide bonds. The lowest BCUT2D eigenvalue weighted by Gasteiger charge is -2.11. The number of hydrogen-bond donors (Lipinski definition) is 2. The Labute approximate surface area is 91.6 Å². The van der Waals surface area contributed by atoms with Crippen LogP contribution in [0, 0.1) is 11.8 Å². The molecule has 14 heavy (non-hydrogen) atoms. The van der Waals surface area contributed by atoms with E-state index in [0.717, 1.165) is 6.54 Å². The Morgan fingerprint density at radius 1 is 1.07 bits per heavy atom. The van der Waals surface area contributed by atoms with Crippen LogP contribution in [0.5, 0.6) is 0 Å².